The predicted octanol–water partition coefficient (Wildman–Crippen LogP) is 0.744. The van der Waals surface area contributed by atoms with Crippen LogP contribution in [0.2, 0.25) is 0 Å². The third-order valence-corrected chi connectivity index (χ3v) is 2.70. The van der Waals surface area contributed by atoms with Crippen molar-refractivity contribution in [2.45, 2.75) is 13.3 Å². The van der Waals surface area contributed by atoms with Crippen molar-refractivity contribution < 1.29 is 0 Å². The van der Waals surface area contributed by atoms with Crippen LogP contribution in [-0.4, -0.2) is 50.6 Å². The number of guanidine groups is 1. The van der Waals surface area contributed by atoms with Crippen molar-refractivity contribution in [3.63, 3.8) is 0 Å². The van der Waals surface area contributed by atoms with E-state index in [0.29, 0.717) is 12.5 Å². The van der Waals surface area contributed by atoms with Gasteiger partial charge in [0.05, 0.1) is 6.54 Å². The van der Waals surface area contributed by atoms with E-state index in [1.807, 2.05) is 0 Å². The number of nitrogens with zero attached hydrogens (tertiary/aromatic N) is 2. The molecule has 1 fully saturated rings. The first-order valence-corrected chi connectivity index (χ1v) is 5.90. The highest BCUT2D eigenvalue weighted by Gasteiger charge is 2.18. The van der Waals surface area contributed by atoms with Gasteiger partial charge in [-0.25, -0.2) is 0 Å². The van der Waals surface area contributed by atoms with Crippen molar-refractivity contribution in [1.82, 2.24) is 15.5 Å². The highest BCUT2D eigenvalue weighted by Crippen LogP contribution is 2.13. The molecule has 1 heterocycles. The summed E-state index contributed by atoms with van der Waals surface area (Å²) in [7, 11) is 2.16. The lowest BCUT2D eigenvalue weighted by molar-refractivity contribution is 0.397. The number of hydrogen-bond donors (Lipinski definition) is 2. The van der Waals surface area contributed by atoms with Crippen LogP contribution in [0.25, 0.3) is 0 Å². The summed E-state index contributed by atoms with van der Waals surface area (Å²) in [5.41, 5.74) is 0. The second kappa shape index (κ2) is 9.54. The summed E-state index contributed by atoms with van der Waals surface area (Å²) in [6, 6.07) is 0. The van der Waals surface area contributed by atoms with Crippen LogP contribution in [-0.2, 0) is 0 Å². The van der Waals surface area contributed by atoms with E-state index < -0.39 is 0 Å². The number of nitrogens with one attached hydrogen (secondary N) is 2. The second-order valence-corrected chi connectivity index (χ2v) is 4.19. The third kappa shape index (κ3) is 6.74. The van der Waals surface area contributed by atoms with Crippen LogP contribution in [0.3, 0.4) is 0 Å². The Morgan fingerprint density at radius 2 is 2.29 bits per heavy atom. The Balaban J connectivity index is 0.00000256. The molecule has 1 aliphatic heterocycles. The van der Waals surface area contributed by atoms with Crippen LogP contribution in [0, 0.1) is 18.3 Å². The molecule has 17 heavy (non-hydrogen) atoms. The Morgan fingerprint density at radius 1 is 1.53 bits per heavy atom. The number of likely N-dealkylation sites (tertiary alicyclic amines) is 1. The number of hydrogen-bond acceptors (Lipinski definition) is 2. The lowest BCUT2D eigenvalue weighted by Crippen LogP contribution is -2.37. The highest BCUT2D eigenvalue weighted by atomic mass is 127. The summed E-state index contributed by atoms with van der Waals surface area (Å²) in [6.07, 6.45) is 6.45. The lowest BCUT2D eigenvalue weighted by Gasteiger charge is -2.11. The van der Waals surface area contributed by atoms with Crippen molar-refractivity contribution >= 4 is 29.9 Å². The van der Waals surface area contributed by atoms with Gasteiger partial charge in [-0.15, -0.1) is 30.4 Å². The molecule has 5 heteroatoms. The van der Waals surface area contributed by atoms with Crippen molar-refractivity contribution in [3.05, 3.63) is 0 Å². The zero-order valence-electron chi connectivity index (χ0n) is 10.7. The maximum absolute atomic E-state index is 5.21. The molecule has 0 amide bonds. The molecule has 1 rings (SSSR count). The molecule has 0 aliphatic carbocycles. The van der Waals surface area contributed by atoms with Gasteiger partial charge in [-0.2, -0.15) is 0 Å². The van der Waals surface area contributed by atoms with Crippen LogP contribution >= 0.6 is 24.0 Å². The van der Waals surface area contributed by atoms with Crippen molar-refractivity contribution in [1.29, 1.82) is 0 Å². The second-order valence-electron chi connectivity index (χ2n) is 4.19. The van der Waals surface area contributed by atoms with Gasteiger partial charge in [-0.3, -0.25) is 4.99 Å². The van der Waals surface area contributed by atoms with E-state index in [1.165, 1.54) is 13.0 Å². The Kier molecular flexibility index (Phi) is 9.27. The van der Waals surface area contributed by atoms with E-state index in [4.69, 9.17) is 6.42 Å². The lowest BCUT2D eigenvalue weighted by atomic mass is 10.1. The number of terminal acetylenes is 1. The van der Waals surface area contributed by atoms with Crippen molar-refractivity contribution in [2.75, 3.05) is 39.8 Å². The third-order valence-electron chi connectivity index (χ3n) is 2.70. The van der Waals surface area contributed by atoms with Crippen LogP contribution in [0.4, 0.5) is 0 Å². The fourth-order valence-electron chi connectivity index (χ4n) is 1.87. The summed E-state index contributed by atoms with van der Waals surface area (Å²) < 4.78 is 0. The smallest absolute Gasteiger partial charge is 0.192 e. The van der Waals surface area contributed by atoms with Gasteiger partial charge in [0.15, 0.2) is 5.96 Å². The molecule has 1 atom stereocenters. The normalized spacial score (nSPS) is 20.5. The predicted molar refractivity (Wildman–Crippen MR) is 83.8 cm³/mol. The van der Waals surface area contributed by atoms with E-state index in [-0.39, 0.29) is 24.0 Å². The van der Waals surface area contributed by atoms with E-state index >= 15 is 0 Å². The monoisotopic (exact) mass is 350 g/mol. The number of aliphatic imine (C=N–C) groups is 1. The largest absolute Gasteiger partial charge is 0.357 e. The quantitative estimate of drug-likeness (QED) is 0.340. The Hall–Kier alpha value is -0.480. The van der Waals surface area contributed by atoms with E-state index in [1.54, 1.807) is 0 Å². The average Bonchev–Trinajstić information content (AvgIpc) is 2.68. The van der Waals surface area contributed by atoms with Gasteiger partial charge in [-0.1, -0.05) is 5.92 Å². The fraction of sp³-hybridized carbons (Fsp3) is 0.750. The summed E-state index contributed by atoms with van der Waals surface area (Å²) in [5.74, 6) is 4.07. The molecule has 0 aromatic carbocycles. The molecular weight excluding hydrogens is 327 g/mol. The summed E-state index contributed by atoms with van der Waals surface area (Å²) >= 11 is 0. The first-order chi connectivity index (χ1) is 7.76. The van der Waals surface area contributed by atoms with Crippen LogP contribution in [0.1, 0.15) is 13.3 Å². The molecular formula is C12H23IN4. The van der Waals surface area contributed by atoms with Gasteiger partial charge in [0.2, 0.25) is 0 Å². The minimum Gasteiger partial charge on any atom is -0.357 e. The van der Waals surface area contributed by atoms with Gasteiger partial charge in [0, 0.05) is 19.6 Å². The standard InChI is InChI=1S/C12H22N4.HI/c1-4-7-14-12(13-5-2)15-9-11-6-8-16(3)10-11;/h1,11H,5-10H2,2-3H3,(H2,13,14,15);1H. The minimum atomic E-state index is 0. The molecule has 1 saturated heterocycles. The van der Waals surface area contributed by atoms with Gasteiger partial charge >= 0.3 is 0 Å². The van der Waals surface area contributed by atoms with Crippen LogP contribution in [0.5, 0.6) is 0 Å². The molecule has 1 aliphatic rings. The summed E-state index contributed by atoms with van der Waals surface area (Å²) in [6.45, 7) is 6.66. The SMILES string of the molecule is C#CCNC(=NCC1CCN(C)C1)NCC.I. The molecule has 2 N–H and O–H groups in total. The molecule has 4 nitrogen and oxygen atoms in total. The van der Waals surface area contributed by atoms with Crippen molar-refractivity contribution in [3.8, 4) is 12.3 Å². The fourth-order valence-corrected chi connectivity index (χ4v) is 1.87. The van der Waals surface area contributed by atoms with Gasteiger partial charge in [0.25, 0.3) is 0 Å². The topological polar surface area (TPSA) is 39.7 Å². The van der Waals surface area contributed by atoms with Gasteiger partial charge in [-0.05, 0) is 32.9 Å². The summed E-state index contributed by atoms with van der Waals surface area (Å²) in [5, 5.41) is 6.28. The first kappa shape index (κ1) is 16.5. The molecule has 0 spiro atoms. The number of halogens is 1. The maximum Gasteiger partial charge on any atom is 0.192 e. The molecule has 98 valence electrons. The molecule has 0 saturated carbocycles. The van der Waals surface area contributed by atoms with Crippen LogP contribution in [0.15, 0.2) is 4.99 Å². The van der Waals surface area contributed by atoms with E-state index in [2.05, 4.69) is 40.4 Å². The van der Waals surface area contributed by atoms with Crippen molar-refractivity contribution in [2.24, 2.45) is 10.9 Å². The van der Waals surface area contributed by atoms with Crippen LogP contribution < -0.4 is 10.6 Å². The molecule has 1 unspecified atom stereocenters. The molecule has 0 radical (unpaired) electrons. The first-order valence-electron chi connectivity index (χ1n) is 5.90. The average molecular weight is 350 g/mol. The Bertz CT molecular complexity index is 272. The van der Waals surface area contributed by atoms with Gasteiger partial charge in [0.1, 0.15) is 0 Å². The zero-order valence-corrected chi connectivity index (χ0v) is 13.0. The summed E-state index contributed by atoms with van der Waals surface area (Å²) in [4.78, 5) is 6.89. The zero-order chi connectivity index (χ0) is 11.8. The van der Waals surface area contributed by atoms with Gasteiger partial charge < -0.3 is 15.5 Å². The minimum absolute atomic E-state index is 0. The Morgan fingerprint density at radius 3 is 2.82 bits per heavy atom. The maximum atomic E-state index is 5.21. The van der Waals surface area contributed by atoms with E-state index in [0.717, 1.165) is 25.6 Å². The Labute approximate surface area is 122 Å². The number of rotatable bonds is 4. The molecule has 0 aromatic heterocycles. The molecule has 0 aromatic rings. The highest BCUT2D eigenvalue weighted by molar-refractivity contribution is 14.0. The van der Waals surface area contributed by atoms with E-state index in [9.17, 15) is 0 Å². The molecule has 0 bridgehead atoms.